The summed E-state index contributed by atoms with van der Waals surface area (Å²) >= 11 is 0. The molecule has 11 nitrogen and oxygen atoms in total. The highest BCUT2D eigenvalue weighted by Crippen LogP contribution is 2.29. The van der Waals surface area contributed by atoms with Crippen LogP contribution in [0.15, 0.2) is 67.3 Å². The molecule has 0 aliphatic carbocycles. The molecule has 11 heteroatoms. The van der Waals surface area contributed by atoms with E-state index in [0.717, 1.165) is 24.9 Å². The zero-order valence-electron chi connectivity index (χ0n) is 23.3. The lowest BCUT2D eigenvalue weighted by molar-refractivity contribution is -0.142. The summed E-state index contributed by atoms with van der Waals surface area (Å²) in [5.41, 5.74) is 1.12. The van der Waals surface area contributed by atoms with Crippen LogP contribution in [-0.2, 0) is 10.2 Å². The zero-order valence-corrected chi connectivity index (χ0v) is 23.3. The van der Waals surface area contributed by atoms with E-state index in [0.29, 0.717) is 53.6 Å². The number of piperidine rings is 1. The van der Waals surface area contributed by atoms with Crippen molar-refractivity contribution in [3.05, 3.63) is 72.8 Å². The molecule has 0 bridgehead atoms. The third-order valence-corrected chi connectivity index (χ3v) is 6.95. The van der Waals surface area contributed by atoms with Crippen LogP contribution in [0.5, 0.6) is 11.6 Å². The molecule has 0 radical (unpaired) electrons. The Hall–Kier alpha value is -4.80. The zero-order chi connectivity index (χ0) is 28.8. The van der Waals surface area contributed by atoms with E-state index >= 15 is 0 Å². The van der Waals surface area contributed by atoms with Crippen LogP contribution >= 0.6 is 0 Å². The fraction of sp³-hybridized carbons (Fsp3) is 0.333. The summed E-state index contributed by atoms with van der Waals surface area (Å²) in [4.78, 5) is 36.4. The number of nitrogens with zero attached hydrogens (tertiary/aromatic N) is 6. The number of ether oxygens (including phenoxy) is 2. The number of carbonyl (C=O) groups is 1. The third kappa shape index (κ3) is 6.51. The molecule has 1 saturated heterocycles. The molecule has 0 amide bonds. The highest BCUT2D eigenvalue weighted by molar-refractivity contribution is 5.81. The first-order valence-electron chi connectivity index (χ1n) is 13.6. The molecule has 1 atom stereocenters. The number of anilines is 3. The number of aromatic nitrogens is 5. The van der Waals surface area contributed by atoms with Gasteiger partial charge in [-0.05, 0) is 63.4 Å². The van der Waals surface area contributed by atoms with Gasteiger partial charge in [-0.1, -0.05) is 18.2 Å². The number of hydrogen-bond acceptors (Lipinski definition) is 10. The maximum Gasteiger partial charge on any atom is 0.313 e. The second-order valence-corrected chi connectivity index (χ2v) is 10.2. The van der Waals surface area contributed by atoms with Gasteiger partial charge in [0, 0.05) is 24.5 Å². The topological polar surface area (TPSA) is 135 Å². The van der Waals surface area contributed by atoms with Gasteiger partial charge >= 0.3 is 5.97 Å². The van der Waals surface area contributed by atoms with Crippen LogP contribution in [0.2, 0.25) is 0 Å². The van der Waals surface area contributed by atoms with Crippen molar-refractivity contribution in [1.82, 2.24) is 24.9 Å². The van der Waals surface area contributed by atoms with Crippen LogP contribution in [0.3, 0.4) is 0 Å². The van der Waals surface area contributed by atoms with Crippen molar-refractivity contribution in [2.24, 2.45) is 0 Å². The lowest BCUT2D eigenvalue weighted by Gasteiger charge is -2.33. The molecule has 5 rings (SSSR count). The lowest BCUT2D eigenvalue weighted by Crippen LogP contribution is -2.41. The van der Waals surface area contributed by atoms with Crippen molar-refractivity contribution in [2.45, 2.75) is 45.1 Å². The molecule has 4 heterocycles. The van der Waals surface area contributed by atoms with Gasteiger partial charge in [0.2, 0.25) is 5.95 Å². The Morgan fingerprint density at radius 2 is 2.00 bits per heavy atom. The second-order valence-electron chi connectivity index (χ2n) is 10.2. The SMILES string of the molecule is CCOc1cccnc1O[C@@H]1CCCN(c2cncc(Nc3nccc(-c4cccc(C(C)(C)C(=O)O)c4)n3)n2)C1. The molecule has 0 spiro atoms. The lowest BCUT2D eigenvalue weighted by atomic mass is 9.84. The number of aliphatic carboxylic acids is 1. The molecule has 1 aliphatic heterocycles. The first-order chi connectivity index (χ1) is 19.8. The molecule has 1 aliphatic rings. The third-order valence-electron chi connectivity index (χ3n) is 6.95. The van der Waals surface area contributed by atoms with E-state index in [1.165, 1.54) is 0 Å². The fourth-order valence-electron chi connectivity index (χ4n) is 4.58. The minimum atomic E-state index is -1.03. The summed E-state index contributed by atoms with van der Waals surface area (Å²) in [6.07, 6.45) is 8.46. The molecule has 212 valence electrons. The summed E-state index contributed by atoms with van der Waals surface area (Å²) in [6.45, 7) is 7.29. The van der Waals surface area contributed by atoms with E-state index in [-0.39, 0.29) is 6.10 Å². The Morgan fingerprint density at radius 3 is 2.83 bits per heavy atom. The van der Waals surface area contributed by atoms with E-state index in [1.54, 1.807) is 44.7 Å². The van der Waals surface area contributed by atoms with Crippen molar-refractivity contribution < 1.29 is 19.4 Å². The van der Waals surface area contributed by atoms with Crippen molar-refractivity contribution in [3.8, 4) is 22.9 Å². The van der Waals surface area contributed by atoms with Crippen LogP contribution in [0.25, 0.3) is 11.3 Å². The van der Waals surface area contributed by atoms with Crippen LogP contribution < -0.4 is 19.7 Å². The monoisotopic (exact) mass is 555 g/mol. The number of pyridine rings is 1. The number of carboxylic acids is 1. The Morgan fingerprint density at radius 1 is 1.12 bits per heavy atom. The standard InChI is InChI=1S/C30H33N7O4/c1-4-40-24-11-6-13-32-27(24)41-22-10-7-15-37(19-22)26-18-31-17-25(35-26)36-29-33-14-12-23(34-29)20-8-5-9-21(16-20)30(2,3)28(38)39/h5-6,8-9,11-14,16-18,22H,4,7,10,15,19H2,1-3H3,(H,38,39)(H,33,34,35,36)/t22-/m1/s1. The number of rotatable bonds is 10. The Labute approximate surface area is 238 Å². The molecular formula is C30H33N7O4. The highest BCUT2D eigenvalue weighted by Gasteiger charge is 2.29. The van der Waals surface area contributed by atoms with Crippen LogP contribution in [-0.4, -0.2) is 61.8 Å². The molecule has 1 aromatic carbocycles. The molecule has 41 heavy (non-hydrogen) atoms. The van der Waals surface area contributed by atoms with Gasteiger partial charge in [0.25, 0.3) is 5.88 Å². The van der Waals surface area contributed by atoms with E-state index in [9.17, 15) is 9.90 Å². The van der Waals surface area contributed by atoms with E-state index < -0.39 is 11.4 Å². The molecule has 2 N–H and O–H groups in total. The molecular weight excluding hydrogens is 522 g/mol. The first kappa shape index (κ1) is 27.8. The van der Waals surface area contributed by atoms with Gasteiger partial charge in [0.05, 0.1) is 36.7 Å². The summed E-state index contributed by atoms with van der Waals surface area (Å²) in [5, 5.41) is 12.8. The molecule has 3 aromatic heterocycles. The van der Waals surface area contributed by atoms with Crippen LogP contribution in [0.4, 0.5) is 17.6 Å². The van der Waals surface area contributed by atoms with Crippen molar-refractivity contribution >= 4 is 23.6 Å². The number of hydrogen-bond donors (Lipinski definition) is 2. The predicted molar refractivity (Wildman–Crippen MR) is 155 cm³/mol. The van der Waals surface area contributed by atoms with Crippen molar-refractivity contribution in [1.29, 1.82) is 0 Å². The molecule has 0 unspecified atom stereocenters. The molecule has 0 saturated carbocycles. The Balaban J connectivity index is 1.29. The predicted octanol–water partition coefficient (Wildman–Crippen LogP) is 4.88. The molecule has 4 aromatic rings. The quantitative estimate of drug-likeness (QED) is 0.277. The Kier molecular flexibility index (Phi) is 8.23. The minimum Gasteiger partial charge on any atom is -0.488 e. The van der Waals surface area contributed by atoms with Gasteiger partial charge in [0.1, 0.15) is 11.9 Å². The average Bonchev–Trinajstić information content (AvgIpc) is 2.99. The normalized spacial score (nSPS) is 15.3. The second kappa shape index (κ2) is 12.2. The van der Waals surface area contributed by atoms with E-state index in [4.69, 9.17) is 14.5 Å². The van der Waals surface area contributed by atoms with Crippen molar-refractivity contribution in [2.75, 3.05) is 29.9 Å². The maximum absolute atomic E-state index is 11.7. The summed E-state index contributed by atoms with van der Waals surface area (Å²) in [6, 6.07) is 12.9. The largest absolute Gasteiger partial charge is 0.488 e. The van der Waals surface area contributed by atoms with Gasteiger partial charge in [-0.2, -0.15) is 0 Å². The smallest absolute Gasteiger partial charge is 0.313 e. The van der Waals surface area contributed by atoms with E-state index in [2.05, 4.69) is 30.2 Å². The number of carboxylic acid groups (broad SMARTS) is 1. The summed E-state index contributed by atoms with van der Waals surface area (Å²) in [7, 11) is 0. The fourth-order valence-corrected chi connectivity index (χ4v) is 4.58. The summed E-state index contributed by atoms with van der Waals surface area (Å²) in [5.74, 6) is 1.82. The van der Waals surface area contributed by atoms with Gasteiger partial charge in [-0.25, -0.2) is 19.9 Å². The van der Waals surface area contributed by atoms with Gasteiger partial charge in [-0.15, -0.1) is 0 Å². The van der Waals surface area contributed by atoms with Crippen LogP contribution in [0.1, 0.15) is 39.2 Å². The van der Waals surface area contributed by atoms with Gasteiger partial charge < -0.3 is 24.8 Å². The van der Waals surface area contributed by atoms with Crippen LogP contribution in [0, 0.1) is 0 Å². The Bertz CT molecular complexity index is 1510. The van der Waals surface area contributed by atoms with Gasteiger partial charge in [-0.3, -0.25) is 9.78 Å². The van der Waals surface area contributed by atoms with Crippen molar-refractivity contribution in [3.63, 3.8) is 0 Å². The first-order valence-corrected chi connectivity index (χ1v) is 13.6. The summed E-state index contributed by atoms with van der Waals surface area (Å²) < 4.78 is 11.9. The van der Waals surface area contributed by atoms with Gasteiger partial charge in [0.15, 0.2) is 11.6 Å². The minimum absolute atomic E-state index is 0.0712. The average molecular weight is 556 g/mol. The maximum atomic E-state index is 11.7. The van der Waals surface area contributed by atoms with E-state index in [1.807, 2.05) is 43.3 Å². The highest BCUT2D eigenvalue weighted by atomic mass is 16.5. The number of nitrogens with one attached hydrogen (secondary N) is 1. The number of benzene rings is 1. The molecule has 1 fully saturated rings.